The van der Waals surface area contributed by atoms with Crippen molar-refractivity contribution in [1.29, 1.82) is 0 Å². The number of unbranched alkanes of at least 4 members (excludes halogenated alkanes) is 9. The SMILES string of the molecule is CCCCCCCCCCCCO[C@H]1O[C@H]([C@H](CN(C)Cc2ccccc2)NCc2ccccc2)[C@@H]2OC(C)(C)O[C@H]12. The summed E-state index contributed by atoms with van der Waals surface area (Å²) >= 11 is 0. The number of rotatable bonds is 20. The van der Waals surface area contributed by atoms with Crippen LogP contribution >= 0.6 is 0 Å². The third-order valence-electron chi connectivity index (χ3n) is 8.44. The monoisotopic (exact) mass is 580 g/mol. The minimum absolute atomic E-state index is 0.0369. The standard InChI is InChI=1S/C36H56N2O4/c1-5-6-7-8-9-10-11-12-13-20-25-39-35-34-33(41-36(2,3)42-34)32(40-35)31(37-26-29-21-16-14-17-22-29)28-38(4)27-30-23-18-15-19-24-30/h14-19,21-24,31-35,37H,5-13,20,25-28H2,1-4H3/t31-,32+,33-,34-,35-/m0/s1. The van der Waals surface area contributed by atoms with Crippen LogP contribution in [0.15, 0.2) is 60.7 Å². The molecular weight excluding hydrogens is 524 g/mol. The van der Waals surface area contributed by atoms with E-state index in [9.17, 15) is 0 Å². The van der Waals surface area contributed by atoms with Gasteiger partial charge in [0.25, 0.3) is 0 Å². The summed E-state index contributed by atoms with van der Waals surface area (Å²) in [6.45, 7) is 9.40. The zero-order valence-electron chi connectivity index (χ0n) is 26.6. The summed E-state index contributed by atoms with van der Waals surface area (Å²) < 4.78 is 25.8. The molecule has 2 saturated heterocycles. The highest BCUT2D eigenvalue weighted by Crippen LogP contribution is 2.40. The molecule has 0 saturated carbocycles. The fourth-order valence-electron chi connectivity index (χ4n) is 6.26. The van der Waals surface area contributed by atoms with Gasteiger partial charge in [0.15, 0.2) is 12.1 Å². The van der Waals surface area contributed by atoms with E-state index in [0.717, 1.165) is 26.1 Å². The van der Waals surface area contributed by atoms with E-state index >= 15 is 0 Å². The van der Waals surface area contributed by atoms with Crippen molar-refractivity contribution in [3.63, 3.8) is 0 Å². The third kappa shape index (κ3) is 10.7. The molecule has 0 aliphatic carbocycles. The topological polar surface area (TPSA) is 52.2 Å². The highest BCUT2D eigenvalue weighted by molar-refractivity contribution is 5.16. The molecule has 42 heavy (non-hydrogen) atoms. The van der Waals surface area contributed by atoms with Gasteiger partial charge >= 0.3 is 0 Å². The molecule has 0 amide bonds. The van der Waals surface area contributed by atoms with Crippen LogP contribution in [-0.2, 0) is 32.0 Å². The van der Waals surface area contributed by atoms with E-state index in [1.54, 1.807) is 0 Å². The molecule has 2 heterocycles. The number of hydrogen-bond acceptors (Lipinski definition) is 6. The number of nitrogens with one attached hydrogen (secondary N) is 1. The fourth-order valence-corrected chi connectivity index (χ4v) is 6.26. The van der Waals surface area contributed by atoms with Gasteiger partial charge in [-0.25, -0.2) is 0 Å². The molecule has 0 aromatic heterocycles. The maximum atomic E-state index is 6.65. The van der Waals surface area contributed by atoms with E-state index in [-0.39, 0.29) is 24.4 Å². The van der Waals surface area contributed by atoms with Gasteiger partial charge in [0.2, 0.25) is 0 Å². The van der Waals surface area contributed by atoms with Gasteiger partial charge < -0.3 is 29.2 Å². The van der Waals surface area contributed by atoms with Crippen LogP contribution in [0.4, 0.5) is 0 Å². The molecule has 2 fully saturated rings. The lowest BCUT2D eigenvalue weighted by atomic mass is 10.0. The number of hydrogen-bond donors (Lipinski definition) is 1. The van der Waals surface area contributed by atoms with Gasteiger partial charge in [-0.2, -0.15) is 0 Å². The number of fused-ring (bicyclic) bond motifs is 1. The maximum Gasteiger partial charge on any atom is 0.187 e. The van der Waals surface area contributed by atoms with E-state index in [0.29, 0.717) is 6.61 Å². The first-order valence-corrected chi connectivity index (χ1v) is 16.6. The summed E-state index contributed by atoms with van der Waals surface area (Å²) in [6, 6.07) is 21.2. The number of likely N-dealkylation sites (N-methyl/N-ethyl adjacent to an activating group) is 1. The van der Waals surface area contributed by atoms with Crippen molar-refractivity contribution in [3.8, 4) is 0 Å². The molecule has 6 nitrogen and oxygen atoms in total. The molecule has 0 spiro atoms. The first kappa shape index (κ1) is 33.1. The van der Waals surface area contributed by atoms with Crippen molar-refractivity contribution in [3.05, 3.63) is 71.8 Å². The maximum absolute atomic E-state index is 6.65. The van der Waals surface area contributed by atoms with Crippen LogP contribution in [0.3, 0.4) is 0 Å². The van der Waals surface area contributed by atoms with Gasteiger partial charge in [-0.3, -0.25) is 0 Å². The summed E-state index contributed by atoms with van der Waals surface area (Å²) in [6.07, 6.45) is 12.1. The number of benzene rings is 2. The molecule has 0 unspecified atom stereocenters. The van der Waals surface area contributed by atoms with E-state index in [4.69, 9.17) is 18.9 Å². The molecule has 2 aliphatic rings. The van der Waals surface area contributed by atoms with Crippen LogP contribution in [0.5, 0.6) is 0 Å². The van der Waals surface area contributed by atoms with Gasteiger partial charge in [0.1, 0.15) is 18.3 Å². The Morgan fingerprint density at radius 1 is 0.786 bits per heavy atom. The predicted octanol–water partition coefficient (Wildman–Crippen LogP) is 7.46. The largest absolute Gasteiger partial charge is 0.350 e. The highest BCUT2D eigenvalue weighted by atomic mass is 16.8. The average Bonchev–Trinajstić information content (AvgIpc) is 3.47. The van der Waals surface area contributed by atoms with Crippen LogP contribution in [-0.4, -0.2) is 61.5 Å². The van der Waals surface area contributed by atoms with Crippen LogP contribution in [0.2, 0.25) is 0 Å². The Balaban J connectivity index is 1.31. The second-order valence-corrected chi connectivity index (χ2v) is 12.7. The zero-order valence-corrected chi connectivity index (χ0v) is 26.6. The second-order valence-electron chi connectivity index (χ2n) is 12.7. The van der Waals surface area contributed by atoms with Gasteiger partial charge in [-0.1, -0.05) is 125 Å². The van der Waals surface area contributed by atoms with Crippen molar-refractivity contribution in [2.75, 3.05) is 20.2 Å². The van der Waals surface area contributed by atoms with Gasteiger partial charge in [-0.15, -0.1) is 0 Å². The number of nitrogens with zero attached hydrogens (tertiary/aromatic N) is 1. The van der Waals surface area contributed by atoms with Crippen molar-refractivity contribution in [1.82, 2.24) is 10.2 Å². The fraction of sp³-hybridized carbons (Fsp3) is 0.667. The van der Waals surface area contributed by atoms with Crippen LogP contribution in [0.1, 0.15) is 96.1 Å². The third-order valence-corrected chi connectivity index (χ3v) is 8.44. The minimum atomic E-state index is -0.657. The zero-order chi connectivity index (χ0) is 29.6. The average molecular weight is 581 g/mol. The summed E-state index contributed by atoms with van der Waals surface area (Å²) in [5.74, 6) is -0.657. The second kappa shape index (κ2) is 17.5. The Labute approximate surface area is 255 Å². The van der Waals surface area contributed by atoms with Crippen LogP contribution in [0.25, 0.3) is 0 Å². The molecule has 0 radical (unpaired) electrons. The Morgan fingerprint density at radius 2 is 1.36 bits per heavy atom. The van der Waals surface area contributed by atoms with Gasteiger partial charge in [0.05, 0.1) is 0 Å². The summed E-state index contributed by atoms with van der Waals surface area (Å²) in [5, 5.41) is 3.81. The quantitative estimate of drug-likeness (QED) is 0.164. The Bertz CT molecular complexity index is 988. The molecule has 2 aliphatic heterocycles. The Morgan fingerprint density at radius 3 is 2.00 bits per heavy atom. The smallest absolute Gasteiger partial charge is 0.187 e. The first-order chi connectivity index (χ1) is 20.4. The van der Waals surface area contributed by atoms with Crippen LogP contribution < -0.4 is 5.32 Å². The van der Waals surface area contributed by atoms with Crippen molar-refractivity contribution in [2.24, 2.45) is 0 Å². The van der Waals surface area contributed by atoms with E-state index < -0.39 is 12.1 Å². The Kier molecular flexibility index (Phi) is 13.8. The van der Waals surface area contributed by atoms with Crippen molar-refractivity contribution in [2.45, 2.75) is 134 Å². The highest BCUT2D eigenvalue weighted by Gasteiger charge is 2.57. The molecule has 2 aromatic carbocycles. The van der Waals surface area contributed by atoms with Gasteiger partial charge in [0, 0.05) is 32.3 Å². The lowest BCUT2D eigenvalue weighted by molar-refractivity contribution is -0.236. The Hall–Kier alpha value is -1.80. The molecule has 0 bridgehead atoms. The van der Waals surface area contributed by atoms with Crippen LogP contribution in [0, 0.1) is 0 Å². The molecule has 234 valence electrons. The van der Waals surface area contributed by atoms with Gasteiger partial charge in [-0.05, 0) is 38.4 Å². The normalized spacial score (nSPS) is 23.8. The molecule has 5 atom stereocenters. The first-order valence-electron chi connectivity index (χ1n) is 16.6. The summed E-state index contributed by atoms with van der Waals surface area (Å²) in [4.78, 5) is 2.36. The summed E-state index contributed by atoms with van der Waals surface area (Å²) in [7, 11) is 2.17. The van der Waals surface area contributed by atoms with E-state index in [2.05, 4.69) is 84.9 Å². The lowest BCUT2D eigenvalue weighted by Crippen LogP contribution is -2.51. The van der Waals surface area contributed by atoms with E-state index in [1.165, 1.54) is 68.9 Å². The van der Waals surface area contributed by atoms with E-state index in [1.807, 2.05) is 13.8 Å². The molecule has 1 N–H and O–H groups in total. The number of ether oxygens (including phenoxy) is 4. The lowest BCUT2D eigenvalue weighted by Gasteiger charge is -2.32. The van der Waals surface area contributed by atoms with Crippen molar-refractivity contribution >= 4 is 0 Å². The molecule has 6 heteroatoms. The summed E-state index contributed by atoms with van der Waals surface area (Å²) in [5.41, 5.74) is 2.55. The molecule has 4 rings (SSSR count). The minimum Gasteiger partial charge on any atom is -0.350 e. The molecule has 2 aromatic rings. The van der Waals surface area contributed by atoms with Crippen molar-refractivity contribution < 1.29 is 18.9 Å². The molecular formula is C36H56N2O4. The predicted molar refractivity (Wildman–Crippen MR) is 170 cm³/mol.